The Kier molecular flexibility index (Phi) is 4.40. The molecule has 2 atom stereocenters. The fraction of sp³-hybridized carbons (Fsp3) is 0.818. The summed E-state index contributed by atoms with van der Waals surface area (Å²) in [6.07, 6.45) is 10.0. The van der Waals surface area contributed by atoms with E-state index in [0.717, 1.165) is 12.8 Å². The average Bonchev–Trinajstić information content (AvgIpc) is 2.26. The lowest BCUT2D eigenvalue weighted by Gasteiger charge is -2.43. The normalized spacial score (nSPS) is 32.5. The van der Waals surface area contributed by atoms with Crippen molar-refractivity contribution in [2.24, 2.45) is 5.73 Å². The van der Waals surface area contributed by atoms with Crippen LogP contribution in [0.1, 0.15) is 25.7 Å². The Balaban J connectivity index is 2.66. The number of hydrogen-bond donors (Lipinski definition) is 2. The second kappa shape index (κ2) is 5.35. The van der Waals surface area contributed by atoms with Crippen molar-refractivity contribution in [3.63, 3.8) is 0 Å². The van der Waals surface area contributed by atoms with Crippen LogP contribution >= 0.6 is 0 Å². The van der Waals surface area contributed by atoms with E-state index in [9.17, 15) is 0 Å². The van der Waals surface area contributed by atoms with Crippen molar-refractivity contribution in [2.75, 3.05) is 20.2 Å². The number of ether oxygens (including phenoxy) is 1. The van der Waals surface area contributed by atoms with Crippen molar-refractivity contribution in [1.29, 1.82) is 0 Å². The Bertz CT molecular complexity index is 212. The largest absolute Gasteiger partial charge is 0.379 e. The summed E-state index contributed by atoms with van der Waals surface area (Å²) >= 11 is 0. The summed E-state index contributed by atoms with van der Waals surface area (Å²) in [5.41, 5.74) is 5.74. The lowest BCUT2D eigenvalue weighted by Crippen LogP contribution is -2.61. The van der Waals surface area contributed by atoms with E-state index in [1.54, 1.807) is 7.11 Å². The van der Waals surface area contributed by atoms with E-state index in [1.165, 1.54) is 12.8 Å². The molecule has 3 nitrogen and oxygen atoms in total. The van der Waals surface area contributed by atoms with E-state index in [1.807, 2.05) is 0 Å². The van der Waals surface area contributed by atoms with E-state index in [0.29, 0.717) is 13.1 Å². The van der Waals surface area contributed by atoms with Gasteiger partial charge in [0.15, 0.2) is 0 Å². The van der Waals surface area contributed by atoms with Gasteiger partial charge in [0.05, 0.1) is 18.2 Å². The average molecular weight is 196 g/mol. The van der Waals surface area contributed by atoms with Crippen molar-refractivity contribution in [2.45, 2.75) is 37.3 Å². The fourth-order valence-electron chi connectivity index (χ4n) is 2.29. The zero-order valence-corrected chi connectivity index (χ0v) is 8.88. The molecule has 0 spiro atoms. The molecule has 3 heteroatoms. The first kappa shape index (κ1) is 11.5. The zero-order valence-electron chi connectivity index (χ0n) is 8.88. The summed E-state index contributed by atoms with van der Waals surface area (Å²) < 4.78 is 5.48. The van der Waals surface area contributed by atoms with Crippen molar-refractivity contribution in [3.8, 4) is 12.3 Å². The molecule has 0 radical (unpaired) electrons. The van der Waals surface area contributed by atoms with Crippen LogP contribution < -0.4 is 11.1 Å². The minimum Gasteiger partial charge on any atom is -0.379 e. The third kappa shape index (κ3) is 2.27. The van der Waals surface area contributed by atoms with Crippen LogP contribution in [-0.4, -0.2) is 31.8 Å². The lowest BCUT2D eigenvalue weighted by molar-refractivity contribution is -0.00657. The molecule has 0 amide bonds. The van der Waals surface area contributed by atoms with Crippen LogP contribution in [0.2, 0.25) is 0 Å². The first-order valence-electron chi connectivity index (χ1n) is 5.20. The van der Waals surface area contributed by atoms with Crippen molar-refractivity contribution in [3.05, 3.63) is 0 Å². The summed E-state index contributed by atoms with van der Waals surface area (Å²) in [5.74, 6) is 2.60. The molecule has 0 saturated heterocycles. The predicted molar refractivity (Wildman–Crippen MR) is 57.9 cm³/mol. The molecular formula is C11H20N2O. The van der Waals surface area contributed by atoms with Gasteiger partial charge in [-0.1, -0.05) is 18.8 Å². The van der Waals surface area contributed by atoms with Gasteiger partial charge < -0.3 is 10.5 Å². The van der Waals surface area contributed by atoms with Gasteiger partial charge >= 0.3 is 0 Å². The van der Waals surface area contributed by atoms with Crippen LogP contribution in [0.15, 0.2) is 0 Å². The minimum atomic E-state index is -0.0978. The summed E-state index contributed by atoms with van der Waals surface area (Å²) in [6, 6.07) is 0. The molecular weight excluding hydrogens is 176 g/mol. The summed E-state index contributed by atoms with van der Waals surface area (Å²) in [7, 11) is 1.75. The highest BCUT2D eigenvalue weighted by atomic mass is 16.5. The van der Waals surface area contributed by atoms with Gasteiger partial charge in [0.25, 0.3) is 0 Å². The number of terminal acetylenes is 1. The second-order valence-corrected chi connectivity index (χ2v) is 3.89. The van der Waals surface area contributed by atoms with Crippen LogP contribution in [0.25, 0.3) is 0 Å². The quantitative estimate of drug-likeness (QED) is 0.644. The van der Waals surface area contributed by atoms with Crippen LogP contribution in [0.3, 0.4) is 0 Å². The summed E-state index contributed by atoms with van der Waals surface area (Å²) in [5, 5.41) is 3.35. The number of hydrogen-bond acceptors (Lipinski definition) is 3. The molecule has 0 bridgehead atoms. The molecule has 0 aliphatic heterocycles. The number of methoxy groups -OCH3 is 1. The zero-order chi connectivity index (χ0) is 10.4. The molecule has 0 aromatic heterocycles. The van der Waals surface area contributed by atoms with Crippen LogP contribution in [0.4, 0.5) is 0 Å². The van der Waals surface area contributed by atoms with Crippen molar-refractivity contribution >= 4 is 0 Å². The van der Waals surface area contributed by atoms with E-state index in [2.05, 4.69) is 11.2 Å². The predicted octanol–water partition coefficient (Wildman–Crippen LogP) is 0.496. The monoisotopic (exact) mass is 196 g/mol. The SMILES string of the molecule is C#CCNC1(CN)CCCCC1OC. The van der Waals surface area contributed by atoms with Gasteiger partial charge in [-0.25, -0.2) is 0 Å². The number of nitrogens with one attached hydrogen (secondary N) is 1. The maximum Gasteiger partial charge on any atom is 0.0765 e. The third-order valence-electron chi connectivity index (χ3n) is 3.15. The van der Waals surface area contributed by atoms with Gasteiger partial charge in [-0.05, 0) is 12.8 Å². The Labute approximate surface area is 86.4 Å². The molecule has 1 aliphatic carbocycles. The van der Waals surface area contributed by atoms with Crippen LogP contribution in [0.5, 0.6) is 0 Å². The Morgan fingerprint density at radius 3 is 3.00 bits per heavy atom. The Hall–Kier alpha value is -0.560. The van der Waals surface area contributed by atoms with E-state index in [4.69, 9.17) is 16.9 Å². The number of nitrogens with two attached hydrogens (primary N) is 1. The number of rotatable bonds is 4. The molecule has 3 N–H and O–H groups in total. The molecule has 1 aliphatic rings. The standard InChI is InChI=1S/C11H20N2O/c1-3-8-13-11(9-12)7-5-4-6-10(11)14-2/h1,10,13H,4-9,12H2,2H3. The molecule has 1 saturated carbocycles. The maximum absolute atomic E-state index is 5.83. The summed E-state index contributed by atoms with van der Waals surface area (Å²) in [6.45, 7) is 1.16. The van der Waals surface area contributed by atoms with E-state index < -0.39 is 0 Å². The van der Waals surface area contributed by atoms with Gasteiger partial charge in [-0.2, -0.15) is 0 Å². The van der Waals surface area contributed by atoms with E-state index >= 15 is 0 Å². The van der Waals surface area contributed by atoms with Gasteiger partial charge in [-0.15, -0.1) is 6.42 Å². The molecule has 1 fully saturated rings. The molecule has 14 heavy (non-hydrogen) atoms. The van der Waals surface area contributed by atoms with Crippen molar-refractivity contribution in [1.82, 2.24) is 5.32 Å². The molecule has 2 unspecified atom stereocenters. The molecule has 0 aromatic rings. The lowest BCUT2D eigenvalue weighted by atomic mass is 9.79. The van der Waals surface area contributed by atoms with Gasteiger partial charge in [-0.3, -0.25) is 5.32 Å². The van der Waals surface area contributed by atoms with Crippen LogP contribution in [-0.2, 0) is 4.74 Å². The van der Waals surface area contributed by atoms with E-state index in [-0.39, 0.29) is 11.6 Å². The molecule has 80 valence electrons. The molecule has 0 heterocycles. The highest BCUT2D eigenvalue weighted by molar-refractivity contribution is 5.02. The second-order valence-electron chi connectivity index (χ2n) is 3.89. The van der Waals surface area contributed by atoms with Gasteiger partial charge in [0.2, 0.25) is 0 Å². The van der Waals surface area contributed by atoms with Gasteiger partial charge in [0.1, 0.15) is 0 Å². The smallest absolute Gasteiger partial charge is 0.0765 e. The minimum absolute atomic E-state index is 0.0978. The topological polar surface area (TPSA) is 47.3 Å². The molecule has 1 rings (SSSR count). The summed E-state index contributed by atoms with van der Waals surface area (Å²) in [4.78, 5) is 0. The van der Waals surface area contributed by atoms with Gasteiger partial charge in [0, 0.05) is 13.7 Å². The maximum atomic E-state index is 5.83. The first-order chi connectivity index (χ1) is 6.79. The Morgan fingerprint density at radius 2 is 2.43 bits per heavy atom. The van der Waals surface area contributed by atoms with Crippen molar-refractivity contribution < 1.29 is 4.74 Å². The fourth-order valence-corrected chi connectivity index (χ4v) is 2.29. The van der Waals surface area contributed by atoms with Crippen LogP contribution in [0, 0.1) is 12.3 Å². The Morgan fingerprint density at radius 1 is 1.64 bits per heavy atom. The highest BCUT2D eigenvalue weighted by Crippen LogP contribution is 2.29. The molecule has 0 aromatic carbocycles. The first-order valence-corrected chi connectivity index (χ1v) is 5.20. The highest BCUT2D eigenvalue weighted by Gasteiger charge is 2.39. The third-order valence-corrected chi connectivity index (χ3v) is 3.15.